The average Bonchev–Trinajstić information content (AvgIpc) is 3.00. The van der Waals surface area contributed by atoms with Crippen molar-refractivity contribution in [2.75, 3.05) is 0 Å². The fourth-order valence-electron chi connectivity index (χ4n) is 2.11. The molecule has 154 valence electrons. The fraction of sp³-hybridized carbons (Fsp3) is 0.545. The number of hydrogen-bond acceptors (Lipinski definition) is 0. The molecule has 2 unspecified atom stereocenters. The van der Waals surface area contributed by atoms with Gasteiger partial charge in [0.15, 0.2) is 0 Å². The molecule has 0 spiro atoms. The second kappa shape index (κ2) is 16.6. The van der Waals surface area contributed by atoms with Crippen molar-refractivity contribution >= 4 is 31.7 Å². The summed E-state index contributed by atoms with van der Waals surface area (Å²) in [5.41, 5.74) is 3.44. The third kappa shape index (κ3) is 14.7. The molecule has 0 aromatic rings. The summed E-state index contributed by atoms with van der Waals surface area (Å²) in [6.07, 6.45) is 15.3. The maximum atomic E-state index is 3.26. The van der Waals surface area contributed by atoms with E-state index in [1.54, 1.807) is 23.3 Å². The van der Waals surface area contributed by atoms with Crippen LogP contribution in [0.3, 0.4) is 0 Å². The van der Waals surface area contributed by atoms with Gasteiger partial charge in [0.05, 0.1) is 0 Å². The van der Waals surface area contributed by atoms with Crippen molar-refractivity contribution in [3.63, 3.8) is 0 Å². The topological polar surface area (TPSA) is 0 Å². The van der Waals surface area contributed by atoms with Gasteiger partial charge in [0.25, 0.3) is 0 Å². The molecule has 2 atom stereocenters. The molecule has 0 nitrogen and oxygen atoms in total. The molecule has 2 aliphatic carbocycles. The molecule has 26 heavy (non-hydrogen) atoms. The van der Waals surface area contributed by atoms with Gasteiger partial charge in [0.2, 0.25) is 0 Å². The zero-order chi connectivity index (χ0) is 17.6. The Balaban J connectivity index is -0.0000000904. The van der Waals surface area contributed by atoms with Gasteiger partial charge in [-0.25, -0.2) is 12.2 Å². The third-order valence-electron chi connectivity index (χ3n) is 3.59. The summed E-state index contributed by atoms with van der Waals surface area (Å²) in [7, 11) is 0. The molecule has 4 heteroatoms. The molecule has 0 fully saturated rings. The molecule has 0 N–H and O–H groups in total. The van der Waals surface area contributed by atoms with Crippen LogP contribution in [0.5, 0.6) is 0 Å². The molecular weight excluding hydrogens is 454 g/mol. The van der Waals surface area contributed by atoms with Gasteiger partial charge < -0.3 is 14.9 Å². The predicted octanol–water partition coefficient (Wildman–Crippen LogP) is 6.76. The molecule has 0 amide bonds. The summed E-state index contributed by atoms with van der Waals surface area (Å²) in [4.78, 5) is 0. The van der Waals surface area contributed by atoms with Crippen molar-refractivity contribution in [2.24, 2.45) is 22.7 Å². The zero-order valence-electron chi connectivity index (χ0n) is 18.5. The first-order valence-electron chi connectivity index (χ1n) is 7.98. The van der Waals surface area contributed by atoms with Gasteiger partial charge in [-0.05, 0) is 0 Å². The Bertz CT molecular complexity index is 433. The quantitative estimate of drug-likeness (QED) is 0.258. The van der Waals surface area contributed by atoms with Gasteiger partial charge in [-0.2, -0.15) is 23.3 Å². The summed E-state index contributed by atoms with van der Waals surface area (Å²) < 4.78 is 0. The van der Waals surface area contributed by atoms with E-state index in [0.29, 0.717) is 22.7 Å². The minimum atomic E-state index is 0. The van der Waals surface area contributed by atoms with Gasteiger partial charge in [0.1, 0.15) is 0 Å². The van der Waals surface area contributed by atoms with Crippen LogP contribution in [-0.2, 0) is 23.3 Å². The number of rotatable bonds is 0. The van der Waals surface area contributed by atoms with E-state index in [-0.39, 0.29) is 39.7 Å². The third-order valence-corrected chi connectivity index (χ3v) is 3.59. The Morgan fingerprint density at radius 1 is 0.731 bits per heavy atom. The molecule has 0 aromatic heterocycles. The van der Waals surface area contributed by atoms with E-state index < -0.39 is 0 Å². The Hall–Kier alpha value is 0.640. The van der Waals surface area contributed by atoms with Crippen LogP contribution in [0.15, 0.2) is 35.5 Å². The van der Waals surface area contributed by atoms with Crippen LogP contribution in [0, 0.1) is 49.7 Å². The van der Waals surface area contributed by atoms with Crippen molar-refractivity contribution in [2.45, 2.75) is 55.4 Å². The van der Waals surface area contributed by atoms with Crippen LogP contribution in [0.4, 0.5) is 0 Å². The molecule has 2 aliphatic rings. The van der Waals surface area contributed by atoms with Crippen molar-refractivity contribution in [3.05, 3.63) is 62.5 Å². The van der Waals surface area contributed by atoms with E-state index in [0.717, 1.165) is 0 Å². The van der Waals surface area contributed by atoms with Crippen LogP contribution in [0.2, 0.25) is 0 Å². The fourth-order valence-corrected chi connectivity index (χ4v) is 2.11. The van der Waals surface area contributed by atoms with Crippen molar-refractivity contribution in [1.82, 2.24) is 0 Å². The van der Waals surface area contributed by atoms with Crippen LogP contribution in [0.1, 0.15) is 55.4 Å². The summed E-state index contributed by atoms with van der Waals surface area (Å²) in [6, 6.07) is 0. The first-order valence-corrected chi connectivity index (χ1v) is 13.9. The van der Waals surface area contributed by atoms with Crippen LogP contribution < -0.4 is 0 Å². The van der Waals surface area contributed by atoms with Crippen molar-refractivity contribution in [1.29, 1.82) is 0 Å². The van der Waals surface area contributed by atoms with Crippen LogP contribution in [-0.4, -0.2) is 6.88 Å². The minimum absolute atomic E-state index is 0. The van der Waals surface area contributed by atoms with Gasteiger partial charge in [0, 0.05) is 0 Å². The molecule has 0 saturated heterocycles. The summed E-state index contributed by atoms with van der Waals surface area (Å²) in [5.74, 6) is 1.04. The number of halogens is 2. The van der Waals surface area contributed by atoms with E-state index in [2.05, 4.69) is 91.8 Å². The second-order valence-corrected chi connectivity index (χ2v) is 7.94. The van der Waals surface area contributed by atoms with Crippen molar-refractivity contribution in [3.8, 4) is 0 Å². The summed E-state index contributed by atoms with van der Waals surface area (Å²) in [6.45, 7) is 19.7. The van der Waals surface area contributed by atoms with Gasteiger partial charge in [-0.3, -0.25) is 12.2 Å². The number of allylic oxidation sites excluding steroid dienone is 8. The molecule has 0 aromatic carbocycles. The SMILES string of the molecule is CC1[C-]=CC(C(C)(C)C)=C1.CC1[C-]=CC(C(C)(C)C)=C1.Cl.Cl.[CH3-].[CH3-].[SiH2]=[Zr]. The van der Waals surface area contributed by atoms with E-state index in [1.165, 1.54) is 11.1 Å². The number of hydrogen-bond donors (Lipinski definition) is 0. The average molecular weight is 495 g/mol. The first kappa shape index (κ1) is 37.4. The molecule has 0 saturated carbocycles. The van der Waals surface area contributed by atoms with Crippen LogP contribution in [0.25, 0.3) is 0 Å². The van der Waals surface area contributed by atoms with Gasteiger partial charge >= 0.3 is 30.2 Å². The molecule has 0 aliphatic heterocycles. The normalized spacial score (nSPS) is 19.5. The van der Waals surface area contributed by atoms with E-state index >= 15 is 0 Å². The van der Waals surface area contributed by atoms with E-state index in [1.807, 2.05) is 6.88 Å². The summed E-state index contributed by atoms with van der Waals surface area (Å²) >= 11 is 1.58. The predicted molar refractivity (Wildman–Crippen MR) is 125 cm³/mol. The second-order valence-electron chi connectivity index (χ2n) is 7.94. The monoisotopic (exact) mass is 492 g/mol. The van der Waals surface area contributed by atoms with Gasteiger partial charge in [-0.15, -0.1) is 24.8 Å². The van der Waals surface area contributed by atoms with E-state index in [4.69, 9.17) is 0 Å². The zero-order valence-corrected chi connectivity index (χ0v) is 24.0. The molecular formula is C22H40Cl2SiZr-4. The first-order chi connectivity index (χ1) is 10.00. The molecule has 0 radical (unpaired) electrons. The van der Waals surface area contributed by atoms with Gasteiger partial charge in [-0.1, -0.05) is 78.1 Å². The van der Waals surface area contributed by atoms with Crippen LogP contribution >= 0.6 is 24.8 Å². The molecule has 2 rings (SSSR count). The molecule has 0 bridgehead atoms. The summed E-state index contributed by atoms with van der Waals surface area (Å²) in [5, 5.41) is 0. The molecule has 0 heterocycles. The maximum absolute atomic E-state index is 3.26. The Morgan fingerprint density at radius 2 is 0.962 bits per heavy atom. The standard InChI is InChI=1S/2C10H15.2CH3.2ClH.H2Si.Zr/c2*1-8-5-6-9(7-8)10(2,3)4;;;;;;/h2*6-8H,1-4H3;2*1H3;2*1H;1H2;/q4*-1;;;;. The Labute approximate surface area is 194 Å². The Morgan fingerprint density at radius 3 is 1.04 bits per heavy atom. The Kier molecular flexibility index (Phi) is 23.9. The van der Waals surface area contributed by atoms with E-state index in [9.17, 15) is 0 Å². The van der Waals surface area contributed by atoms with Crippen molar-refractivity contribution < 1.29 is 23.3 Å².